The summed E-state index contributed by atoms with van der Waals surface area (Å²) in [4.78, 5) is 19.8. The molecule has 0 bridgehead atoms. The fraction of sp³-hybridized carbons (Fsp3) is 0.238. The summed E-state index contributed by atoms with van der Waals surface area (Å²) < 4.78 is 50.0. The van der Waals surface area contributed by atoms with Gasteiger partial charge in [0.15, 0.2) is 11.6 Å². The monoisotopic (exact) mass is 474 g/mol. The number of halogens is 2. The number of hydrogen-bond acceptors (Lipinski definition) is 8. The van der Waals surface area contributed by atoms with Gasteiger partial charge in [-0.25, -0.2) is 13.4 Å². The molecule has 3 heterocycles. The van der Waals surface area contributed by atoms with Gasteiger partial charge in [-0.05, 0) is 36.4 Å². The number of hydrogen-bond donors (Lipinski definition) is 1. The molecule has 1 aliphatic heterocycles. The maximum absolute atomic E-state index is 13.0. The molecule has 0 saturated carbocycles. The van der Waals surface area contributed by atoms with Gasteiger partial charge < -0.3 is 15.1 Å². The van der Waals surface area contributed by atoms with Gasteiger partial charge in [0.2, 0.25) is 9.84 Å². The first-order chi connectivity index (χ1) is 15.9. The highest BCUT2D eigenvalue weighted by Crippen LogP contribution is 2.24. The number of carbonyl (C=O) groups is 1. The van der Waals surface area contributed by atoms with Crippen LogP contribution in [0.5, 0.6) is 0 Å². The van der Waals surface area contributed by atoms with Crippen molar-refractivity contribution in [2.75, 3.05) is 36.4 Å². The minimum atomic E-state index is -4.89. The second kappa shape index (κ2) is 9.45. The number of piperazine rings is 1. The van der Waals surface area contributed by atoms with Gasteiger partial charge in [-0.1, -0.05) is 18.2 Å². The number of alkyl halides is 2. The maximum Gasteiger partial charge on any atom is 0.341 e. The van der Waals surface area contributed by atoms with E-state index in [1.165, 1.54) is 23.1 Å². The van der Waals surface area contributed by atoms with Crippen molar-refractivity contribution >= 4 is 33.2 Å². The Labute approximate surface area is 189 Å². The number of nitrogens with zero attached hydrogens (tertiary/aromatic N) is 5. The number of pyridine rings is 1. The topological polar surface area (TPSA) is 108 Å². The number of nitrogens with one attached hydrogen (secondary N) is 1. The van der Waals surface area contributed by atoms with E-state index < -0.39 is 26.4 Å². The van der Waals surface area contributed by atoms with Crippen molar-refractivity contribution in [1.82, 2.24) is 20.1 Å². The highest BCUT2D eigenvalue weighted by Gasteiger charge is 2.33. The minimum Gasteiger partial charge on any atom is -0.352 e. The summed E-state index contributed by atoms with van der Waals surface area (Å²) >= 11 is 0. The van der Waals surface area contributed by atoms with Crippen molar-refractivity contribution < 1.29 is 22.0 Å². The van der Waals surface area contributed by atoms with Crippen molar-refractivity contribution in [2.24, 2.45) is 0 Å². The lowest BCUT2D eigenvalue weighted by atomic mass is 10.2. The van der Waals surface area contributed by atoms with Crippen LogP contribution in [-0.2, 0) is 9.84 Å². The van der Waals surface area contributed by atoms with Crippen LogP contribution in [0.15, 0.2) is 65.7 Å². The highest BCUT2D eigenvalue weighted by atomic mass is 32.2. The molecule has 1 amide bonds. The average molecular weight is 474 g/mol. The Morgan fingerprint density at radius 1 is 0.909 bits per heavy atom. The molecule has 0 radical (unpaired) electrons. The van der Waals surface area contributed by atoms with E-state index in [-0.39, 0.29) is 18.7 Å². The minimum absolute atomic E-state index is 0.254. The van der Waals surface area contributed by atoms with Crippen LogP contribution in [0.4, 0.5) is 26.2 Å². The Hall–Kier alpha value is -3.67. The molecule has 0 spiro atoms. The number of anilines is 3. The molecule has 0 aliphatic carbocycles. The number of sulfone groups is 1. The second-order valence-corrected chi connectivity index (χ2v) is 9.08. The number of carbonyl (C=O) groups excluding carboxylic acids is 1. The van der Waals surface area contributed by atoms with E-state index in [0.29, 0.717) is 30.5 Å². The molecule has 1 aliphatic rings. The van der Waals surface area contributed by atoms with Gasteiger partial charge in [-0.3, -0.25) is 4.79 Å². The first kappa shape index (κ1) is 22.5. The Balaban J connectivity index is 1.41. The summed E-state index contributed by atoms with van der Waals surface area (Å²) in [6, 6.07) is 14.1. The Morgan fingerprint density at radius 3 is 2.27 bits per heavy atom. The van der Waals surface area contributed by atoms with E-state index in [1.54, 1.807) is 30.5 Å². The van der Waals surface area contributed by atoms with Gasteiger partial charge in [0, 0.05) is 32.4 Å². The van der Waals surface area contributed by atoms with Crippen molar-refractivity contribution in [3.63, 3.8) is 0 Å². The van der Waals surface area contributed by atoms with Crippen molar-refractivity contribution in [2.45, 2.75) is 10.7 Å². The largest absolute Gasteiger partial charge is 0.352 e. The summed E-state index contributed by atoms with van der Waals surface area (Å²) in [5.41, 5.74) is -0.254. The zero-order chi connectivity index (χ0) is 23.4. The SMILES string of the molecule is O=C(c1ccccc1S(=O)(=O)C(F)F)N1CCN(c2ccc(Nc3ccccn3)nn2)CC1. The average Bonchev–Trinajstić information content (AvgIpc) is 2.85. The van der Waals surface area contributed by atoms with Crippen LogP contribution in [0.1, 0.15) is 10.4 Å². The normalized spacial score (nSPS) is 14.4. The van der Waals surface area contributed by atoms with Crippen LogP contribution >= 0.6 is 0 Å². The molecule has 0 atom stereocenters. The highest BCUT2D eigenvalue weighted by molar-refractivity contribution is 7.91. The van der Waals surface area contributed by atoms with Crippen LogP contribution in [0, 0.1) is 0 Å². The molecule has 0 unspecified atom stereocenters. The van der Waals surface area contributed by atoms with Crippen LogP contribution in [-0.4, -0.2) is 66.3 Å². The van der Waals surface area contributed by atoms with Crippen LogP contribution in [0.2, 0.25) is 0 Å². The van der Waals surface area contributed by atoms with Gasteiger partial charge >= 0.3 is 5.76 Å². The van der Waals surface area contributed by atoms with Gasteiger partial charge in [0.25, 0.3) is 5.91 Å². The van der Waals surface area contributed by atoms with E-state index in [9.17, 15) is 22.0 Å². The molecule has 2 aromatic heterocycles. The molecule has 9 nitrogen and oxygen atoms in total. The van der Waals surface area contributed by atoms with Crippen molar-refractivity contribution in [3.05, 3.63) is 66.4 Å². The van der Waals surface area contributed by atoms with Crippen LogP contribution < -0.4 is 10.2 Å². The molecular formula is C21H20F2N6O3S. The van der Waals surface area contributed by atoms with Crippen molar-refractivity contribution in [3.8, 4) is 0 Å². The molecule has 1 aromatic carbocycles. The lowest BCUT2D eigenvalue weighted by Crippen LogP contribution is -2.49. The van der Waals surface area contributed by atoms with Gasteiger partial charge in [-0.2, -0.15) is 8.78 Å². The zero-order valence-corrected chi connectivity index (χ0v) is 18.1. The Bertz CT molecular complexity index is 1220. The van der Waals surface area contributed by atoms with Gasteiger partial charge in [-0.15, -0.1) is 10.2 Å². The van der Waals surface area contributed by atoms with E-state index in [2.05, 4.69) is 20.5 Å². The molecule has 1 fully saturated rings. The molecule has 3 aromatic rings. The molecular weight excluding hydrogens is 454 g/mol. The third kappa shape index (κ3) is 4.90. The molecule has 172 valence electrons. The number of amides is 1. The molecule has 1 N–H and O–H groups in total. The van der Waals surface area contributed by atoms with Crippen LogP contribution in [0.25, 0.3) is 0 Å². The Morgan fingerprint density at radius 2 is 1.64 bits per heavy atom. The fourth-order valence-corrected chi connectivity index (χ4v) is 4.35. The maximum atomic E-state index is 13.0. The molecule has 4 rings (SSSR count). The van der Waals surface area contributed by atoms with Gasteiger partial charge in [0.05, 0.1) is 10.5 Å². The first-order valence-corrected chi connectivity index (χ1v) is 11.6. The predicted octanol–water partition coefficient (Wildman–Crippen LogP) is 2.57. The third-order valence-corrected chi connectivity index (χ3v) is 6.56. The molecule has 12 heteroatoms. The Kier molecular flexibility index (Phi) is 6.45. The third-order valence-electron chi connectivity index (χ3n) is 5.12. The summed E-state index contributed by atoms with van der Waals surface area (Å²) in [6.45, 7) is 1.41. The van der Waals surface area contributed by atoms with E-state index in [4.69, 9.17) is 0 Å². The lowest BCUT2D eigenvalue weighted by Gasteiger charge is -2.35. The van der Waals surface area contributed by atoms with Crippen LogP contribution in [0.3, 0.4) is 0 Å². The summed E-state index contributed by atoms with van der Waals surface area (Å²) in [6.07, 6.45) is 1.66. The number of aromatic nitrogens is 3. The van der Waals surface area contributed by atoms with E-state index in [0.717, 1.165) is 6.07 Å². The quantitative estimate of drug-likeness (QED) is 0.581. The summed E-state index contributed by atoms with van der Waals surface area (Å²) in [5, 5.41) is 11.4. The van der Waals surface area contributed by atoms with E-state index in [1.807, 2.05) is 11.0 Å². The lowest BCUT2D eigenvalue weighted by molar-refractivity contribution is 0.0742. The van der Waals surface area contributed by atoms with Gasteiger partial charge in [0.1, 0.15) is 5.82 Å². The summed E-state index contributed by atoms with van der Waals surface area (Å²) in [7, 11) is -4.89. The van der Waals surface area contributed by atoms with E-state index >= 15 is 0 Å². The smallest absolute Gasteiger partial charge is 0.341 e. The summed E-state index contributed by atoms with van der Waals surface area (Å²) in [5.74, 6) is -2.41. The first-order valence-electron chi connectivity index (χ1n) is 10.0. The van der Waals surface area contributed by atoms with Crippen molar-refractivity contribution in [1.29, 1.82) is 0 Å². The fourth-order valence-electron chi connectivity index (χ4n) is 3.42. The number of rotatable bonds is 6. The molecule has 1 saturated heterocycles. The predicted molar refractivity (Wildman–Crippen MR) is 117 cm³/mol. The number of benzene rings is 1. The molecule has 33 heavy (non-hydrogen) atoms. The standard InChI is InChI=1S/C21H20F2N6O3S/c22-21(23)33(31,32)16-6-2-1-5-15(16)20(30)29-13-11-28(12-14-29)19-9-8-18(26-27-19)25-17-7-3-4-10-24-17/h1-10,21H,11-14H2,(H,24,25,26). The second-order valence-electron chi connectivity index (χ2n) is 7.20. The zero-order valence-electron chi connectivity index (χ0n) is 17.3.